The van der Waals surface area contributed by atoms with Gasteiger partial charge in [0.15, 0.2) is 0 Å². The number of ether oxygens (including phenoxy) is 2. The third-order valence-corrected chi connectivity index (χ3v) is 3.58. The van der Waals surface area contributed by atoms with E-state index in [2.05, 4.69) is 4.90 Å². The number of methoxy groups -OCH3 is 1. The van der Waals surface area contributed by atoms with Gasteiger partial charge in [0.05, 0.1) is 18.3 Å². The van der Waals surface area contributed by atoms with Crippen LogP contribution in [0.15, 0.2) is 24.3 Å². The van der Waals surface area contributed by atoms with Gasteiger partial charge in [-0.05, 0) is 24.1 Å². The molecule has 2 rings (SSSR count). The van der Waals surface area contributed by atoms with Gasteiger partial charge < -0.3 is 9.47 Å². The van der Waals surface area contributed by atoms with Crippen molar-refractivity contribution in [1.29, 1.82) is 0 Å². The van der Waals surface area contributed by atoms with E-state index in [1.807, 2.05) is 0 Å². The van der Waals surface area contributed by atoms with E-state index in [1.54, 1.807) is 7.11 Å². The zero-order chi connectivity index (χ0) is 15.3. The molecule has 1 aromatic rings. The van der Waals surface area contributed by atoms with Crippen molar-refractivity contribution in [3.8, 4) is 0 Å². The van der Waals surface area contributed by atoms with Gasteiger partial charge in [-0.15, -0.1) is 0 Å². The van der Waals surface area contributed by atoms with Gasteiger partial charge in [0.1, 0.15) is 0 Å². The lowest BCUT2D eigenvalue weighted by atomic mass is 10.1. The van der Waals surface area contributed by atoms with Crippen LogP contribution < -0.4 is 0 Å². The highest BCUT2D eigenvalue weighted by Gasteiger charge is 2.30. The fraction of sp³-hybridized carbons (Fsp3) is 0.600. The summed E-state index contributed by atoms with van der Waals surface area (Å²) in [5, 5.41) is 0. The number of halogens is 3. The van der Waals surface area contributed by atoms with Gasteiger partial charge in [0.2, 0.25) is 0 Å². The summed E-state index contributed by atoms with van der Waals surface area (Å²) in [6, 6.07) is 5.24. The van der Waals surface area contributed by atoms with E-state index in [0.29, 0.717) is 19.8 Å². The minimum absolute atomic E-state index is 0.163. The first kappa shape index (κ1) is 16.3. The Morgan fingerprint density at radius 2 is 2.00 bits per heavy atom. The zero-order valence-corrected chi connectivity index (χ0v) is 12.0. The van der Waals surface area contributed by atoms with E-state index in [1.165, 1.54) is 12.1 Å². The molecule has 21 heavy (non-hydrogen) atoms. The van der Waals surface area contributed by atoms with Crippen LogP contribution in [0.3, 0.4) is 0 Å². The van der Waals surface area contributed by atoms with Crippen molar-refractivity contribution in [2.24, 2.45) is 0 Å². The number of nitrogens with zero attached hydrogens (tertiary/aromatic N) is 1. The Labute approximate surface area is 122 Å². The summed E-state index contributed by atoms with van der Waals surface area (Å²) in [6.07, 6.45) is -3.52. The summed E-state index contributed by atoms with van der Waals surface area (Å²) in [5.41, 5.74) is 0.165. The van der Waals surface area contributed by atoms with Crippen molar-refractivity contribution < 1.29 is 22.6 Å². The fourth-order valence-electron chi connectivity index (χ4n) is 2.43. The number of morpholine rings is 1. The predicted molar refractivity (Wildman–Crippen MR) is 73.1 cm³/mol. The van der Waals surface area contributed by atoms with Gasteiger partial charge in [0.25, 0.3) is 0 Å². The molecule has 1 aromatic carbocycles. The molecule has 1 heterocycles. The molecule has 1 fully saturated rings. The molecular weight excluding hydrogens is 283 g/mol. The summed E-state index contributed by atoms with van der Waals surface area (Å²) >= 11 is 0. The smallest absolute Gasteiger partial charge is 0.385 e. The Morgan fingerprint density at radius 3 is 2.62 bits per heavy atom. The largest absolute Gasteiger partial charge is 0.416 e. The number of hydrogen-bond donors (Lipinski definition) is 0. The quantitative estimate of drug-likeness (QED) is 0.780. The maximum atomic E-state index is 12.5. The Kier molecular flexibility index (Phi) is 5.61. The Balaban J connectivity index is 1.94. The molecule has 1 aliphatic heterocycles. The zero-order valence-electron chi connectivity index (χ0n) is 12.0. The Hall–Kier alpha value is -1.11. The molecular formula is C15H20F3NO2. The predicted octanol–water partition coefficient (Wildman–Crippen LogP) is 3.12. The van der Waals surface area contributed by atoms with Crippen LogP contribution in [0.1, 0.15) is 23.7 Å². The summed E-state index contributed by atoms with van der Waals surface area (Å²) in [5.74, 6) is 0. The molecule has 1 saturated heterocycles. The highest BCUT2D eigenvalue weighted by atomic mass is 19.4. The van der Waals surface area contributed by atoms with Gasteiger partial charge in [-0.1, -0.05) is 12.1 Å². The van der Waals surface area contributed by atoms with Gasteiger partial charge in [-0.3, -0.25) is 4.90 Å². The molecule has 6 heteroatoms. The molecule has 0 aromatic heterocycles. The maximum absolute atomic E-state index is 12.5. The van der Waals surface area contributed by atoms with Crippen LogP contribution in [0, 0.1) is 0 Å². The minimum Gasteiger partial charge on any atom is -0.385 e. The number of benzene rings is 1. The fourth-order valence-corrected chi connectivity index (χ4v) is 2.43. The molecule has 0 aliphatic carbocycles. The lowest BCUT2D eigenvalue weighted by Crippen LogP contribution is -2.39. The number of rotatable bonds is 5. The third-order valence-electron chi connectivity index (χ3n) is 3.58. The number of alkyl halides is 3. The van der Waals surface area contributed by atoms with E-state index in [-0.39, 0.29) is 6.10 Å². The summed E-state index contributed by atoms with van der Waals surface area (Å²) in [7, 11) is 1.67. The summed E-state index contributed by atoms with van der Waals surface area (Å²) in [4.78, 5) is 2.25. The second kappa shape index (κ2) is 7.24. The summed E-state index contributed by atoms with van der Waals surface area (Å²) in [6.45, 7) is 3.77. The maximum Gasteiger partial charge on any atom is 0.416 e. The molecule has 118 valence electrons. The van der Waals surface area contributed by atoms with E-state index >= 15 is 0 Å². The van der Waals surface area contributed by atoms with E-state index in [4.69, 9.17) is 9.47 Å². The van der Waals surface area contributed by atoms with Crippen molar-refractivity contribution in [2.45, 2.75) is 18.7 Å². The Morgan fingerprint density at radius 1 is 1.29 bits per heavy atom. The normalized spacial score (nSPS) is 20.7. The van der Waals surface area contributed by atoms with Crippen LogP contribution in [-0.4, -0.2) is 44.9 Å². The Bertz CT molecular complexity index is 434. The number of hydrogen-bond acceptors (Lipinski definition) is 3. The first-order valence-corrected chi connectivity index (χ1v) is 7.01. The highest BCUT2D eigenvalue weighted by molar-refractivity contribution is 5.26. The van der Waals surface area contributed by atoms with Crippen LogP contribution in [0.4, 0.5) is 13.2 Å². The molecule has 1 unspecified atom stereocenters. The topological polar surface area (TPSA) is 21.7 Å². The van der Waals surface area contributed by atoms with Gasteiger partial charge in [-0.2, -0.15) is 13.2 Å². The van der Waals surface area contributed by atoms with Gasteiger partial charge in [-0.25, -0.2) is 0 Å². The van der Waals surface area contributed by atoms with Crippen molar-refractivity contribution in [1.82, 2.24) is 4.90 Å². The third kappa shape index (κ3) is 4.69. The van der Waals surface area contributed by atoms with Crippen molar-refractivity contribution in [3.05, 3.63) is 35.4 Å². The molecule has 0 N–H and O–H groups in total. The molecule has 1 aliphatic rings. The van der Waals surface area contributed by atoms with Gasteiger partial charge >= 0.3 is 6.18 Å². The average molecular weight is 303 g/mol. The summed E-state index contributed by atoms with van der Waals surface area (Å²) < 4.78 is 48.3. The lowest BCUT2D eigenvalue weighted by Gasteiger charge is -2.33. The molecule has 1 atom stereocenters. The average Bonchev–Trinajstić information content (AvgIpc) is 2.47. The van der Waals surface area contributed by atoms with Crippen LogP contribution in [0.5, 0.6) is 0 Å². The molecule has 0 spiro atoms. The van der Waals surface area contributed by atoms with Crippen LogP contribution in [0.2, 0.25) is 0 Å². The van der Waals surface area contributed by atoms with Crippen LogP contribution >= 0.6 is 0 Å². The minimum atomic E-state index is -4.29. The van der Waals surface area contributed by atoms with Gasteiger partial charge in [0, 0.05) is 33.4 Å². The van der Waals surface area contributed by atoms with Crippen molar-refractivity contribution in [2.75, 3.05) is 40.0 Å². The van der Waals surface area contributed by atoms with Crippen LogP contribution in [-0.2, 0) is 15.7 Å². The molecule has 3 nitrogen and oxygen atoms in total. The molecule has 0 radical (unpaired) electrons. The first-order chi connectivity index (χ1) is 10.0. The van der Waals surface area contributed by atoms with Crippen molar-refractivity contribution >= 4 is 0 Å². The standard InChI is InChI=1S/C15H20F3NO2/c1-20-9-2-7-19-8-10-21-14(11-19)12-3-5-13(6-4-12)15(16,17)18/h3-6,14H,2,7-11H2,1H3. The molecule has 0 amide bonds. The first-order valence-electron chi connectivity index (χ1n) is 7.01. The van der Waals surface area contributed by atoms with Crippen molar-refractivity contribution in [3.63, 3.8) is 0 Å². The second-order valence-electron chi connectivity index (χ2n) is 5.13. The van der Waals surface area contributed by atoms with E-state index in [0.717, 1.165) is 37.2 Å². The molecule has 0 saturated carbocycles. The highest BCUT2D eigenvalue weighted by Crippen LogP contribution is 2.31. The SMILES string of the molecule is COCCCN1CCOC(c2ccc(C(F)(F)F)cc2)C1. The lowest BCUT2D eigenvalue weighted by molar-refractivity contribution is -0.137. The monoisotopic (exact) mass is 303 g/mol. The second-order valence-corrected chi connectivity index (χ2v) is 5.13. The van der Waals surface area contributed by atoms with E-state index < -0.39 is 11.7 Å². The molecule has 0 bridgehead atoms. The van der Waals surface area contributed by atoms with E-state index in [9.17, 15) is 13.2 Å². The van der Waals surface area contributed by atoms with Crippen LogP contribution in [0.25, 0.3) is 0 Å².